The molecular formula is C8H15F9N2O3. The first kappa shape index (κ1) is 32.3. The molecule has 0 saturated heterocycles. The third-order valence-corrected chi connectivity index (χ3v) is 1.55. The Kier molecular flexibility index (Phi) is 62.7. The molecule has 0 unspecified atom stereocenters. The molecule has 0 rings (SSSR count). The Morgan fingerprint density at radius 2 is 1.27 bits per heavy atom. The highest BCUT2D eigenvalue weighted by Crippen LogP contribution is 1.91. The standard InChI is InChI=1S/C8H15FN2O3.4F2/c1-10-7(12)3-2-5-14-6-4-8(13)11-9;4*1-2/h2-6H2,1H3,(H,10,12)(H,11,13);;;;. The van der Waals surface area contributed by atoms with Crippen LogP contribution in [0.4, 0.5) is 41.1 Å². The first-order valence-electron chi connectivity index (χ1n) is 4.95. The molecule has 0 saturated carbocycles. The Morgan fingerprint density at radius 3 is 1.64 bits per heavy atom. The number of carbonyl (C=O) groups is 2. The summed E-state index contributed by atoms with van der Waals surface area (Å²) in [6, 6.07) is 0. The van der Waals surface area contributed by atoms with Crippen molar-refractivity contribution in [3.8, 4) is 0 Å². The van der Waals surface area contributed by atoms with Crippen molar-refractivity contribution in [1.29, 1.82) is 0 Å². The minimum absolute atomic E-state index is 0.00350. The van der Waals surface area contributed by atoms with Crippen molar-refractivity contribution < 1.29 is 55.4 Å². The lowest BCUT2D eigenvalue weighted by atomic mass is 10.3. The van der Waals surface area contributed by atoms with Crippen molar-refractivity contribution in [2.24, 2.45) is 0 Å². The molecule has 5 nitrogen and oxygen atoms in total. The van der Waals surface area contributed by atoms with Crippen LogP contribution in [-0.4, -0.2) is 32.1 Å². The lowest BCUT2D eigenvalue weighted by Crippen LogP contribution is -2.18. The number of halogens is 9. The molecule has 2 N–H and O–H groups in total. The SMILES string of the molecule is CNC(=O)CCCOCCC(=O)NF.FF.FF.FF.FF. The summed E-state index contributed by atoms with van der Waals surface area (Å²) in [6.07, 6.45) is 0.985. The predicted molar refractivity (Wildman–Crippen MR) is 56.9 cm³/mol. The van der Waals surface area contributed by atoms with Crippen LogP contribution in [0.3, 0.4) is 0 Å². The number of amides is 2. The van der Waals surface area contributed by atoms with E-state index in [1.807, 2.05) is 0 Å². The van der Waals surface area contributed by atoms with Crippen LogP contribution < -0.4 is 10.9 Å². The van der Waals surface area contributed by atoms with Crippen LogP contribution in [0.15, 0.2) is 0 Å². The zero-order valence-electron chi connectivity index (χ0n) is 11.2. The molecule has 138 valence electrons. The molecule has 0 heterocycles. The third-order valence-electron chi connectivity index (χ3n) is 1.55. The third kappa shape index (κ3) is 42.9. The van der Waals surface area contributed by atoms with Gasteiger partial charge in [0.25, 0.3) is 0 Å². The fourth-order valence-corrected chi connectivity index (χ4v) is 0.774. The summed E-state index contributed by atoms with van der Waals surface area (Å²) in [5, 5.41) is 2.48. The molecule has 0 aliphatic rings. The molecule has 0 atom stereocenters. The first-order chi connectivity index (χ1) is 10.7. The zero-order valence-corrected chi connectivity index (χ0v) is 11.2. The second-order valence-corrected chi connectivity index (χ2v) is 2.66. The van der Waals surface area contributed by atoms with E-state index in [-0.39, 0.29) is 18.9 Å². The van der Waals surface area contributed by atoms with Crippen LogP contribution in [0, 0.1) is 0 Å². The molecule has 0 aliphatic carbocycles. The number of nitrogens with one attached hydrogen (secondary N) is 2. The lowest BCUT2D eigenvalue weighted by Gasteiger charge is -2.02. The van der Waals surface area contributed by atoms with Gasteiger partial charge in [0.1, 0.15) is 0 Å². The van der Waals surface area contributed by atoms with Gasteiger partial charge in [0.15, 0.2) is 0 Å². The molecule has 0 bridgehead atoms. The molecule has 14 heteroatoms. The van der Waals surface area contributed by atoms with Crippen molar-refractivity contribution >= 4 is 11.8 Å². The molecule has 2 amide bonds. The van der Waals surface area contributed by atoms with Crippen LogP contribution in [0.25, 0.3) is 0 Å². The summed E-state index contributed by atoms with van der Waals surface area (Å²) >= 11 is 0. The maximum absolute atomic E-state index is 11.4. The first-order valence-corrected chi connectivity index (χ1v) is 4.95. The Labute approximate surface area is 119 Å². The van der Waals surface area contributed by atoms with Gasteiger partial charge in [-0.05, 0) is 6.42 Å². The maximum Gasteiger partial charge on any atom is 0.249 e. The quantitative estimate of drug-likeness (QED) is 0.417. The number of ether oxygens (including phenoxy) is 1. The normalized spacial score (nSPS) is 7.18. The van der Waals surface area contributed by atoms with E-state index in [1.54, 1.807) is 7.05 Å². The highest BCUT2D eigenvalue weighted by Gasteiger charge is 2.00. The van der Waals surface area contributed by atoms with Crippen molar-refractivity contribution in [2.75, 3.05) is 20.3 Å². The van der Waals surface area contributed by atoms with Gasteiger partial charge in [0.2, 0.25) is 11.8 Å². The van der Waals surface area contributed by atoms with E-state index in [1.165, 1.54) is 0 Å². The number of hydrogen-bond acceptors (Lipinski definition) is 3. The highest BCUT2D eigenvalue weighted by atomic mass is 20.0. The average molecular weight is 358 g/mol. The van der Waals surface area contributed by atoms with Gasteiger partial charge < -0.3 is 10.1 Å². The Morgan fingerprint density at radius 1 is 0.818 bits per heavy atom. The second kappa shape index (κ2) is 42.7. The zero-order chi connectivity index (χ0) is 18.8. The molecular weight excluding hydrogens is 343 g/mol. The summed E-state index contributed by atoms with van der Waals surface area (Å²) in [7, 11) is 1.56. The summed E-state index contributed by atoms with van der Waals surface area (Å²) < 4.78 is 80.4. The van der Waals surface area contributed by atoms with Gasteiger partial charge in [-0.3, -0.25) is 9.59 Å². The van der Waals surface area contributed by atoms with Gasteiger partial charge in [-0.2, -0.15) is 5.54 Å². The lowest BCUT2D eigenvalue weighted by molar-refractivity contribution is -0.126. The molecule has 0 aromatic heterocycles. The number of carbonyl (C=O) groups excluding carboxylic acids is 2. The second-order valence-electron chi connectivity index (χ2n) is 2.66. The number of hydrogen-bond donors (Lipinski definition) is 2. The Hall–Kier alpha value is -1.73. The fourth-order valence-electron chi connectivity index (χ4n) is 0.774. The van der Waals surface area contributed by atoms with Crippen LogP contribution in [-0.2, 0) is 14.3 Å². The topological polar surface area (TPSA) is 67.4 Å². The van der Waals surface area contributed by atoms with E-state index in [4.69, 9.17) is 41.3 Å². The van der Waals surface area contributed by atoms with Crippen LogP contribution in [0.2, 0.25) is 0 Å². The minimum Gasteiger partial charge on any atom is -0.381 e. The Balaban J connectivity index is -0.000000103. The van der Waals surface area contributed by atoms with Crippen LogP contribution in [0.1, 0.15) is 19.3 Å². The fraction of sp³-hybridized carbons (Fsp3) is 0.750. The van der Waals surface area contributed by atoms with E-state index >= 15 is 0 Å². The highest BCUT2D eigenvalue weighted by molar-refractivity contribution is 5.75. The van der Waals surface area contributed by atoms with Crippen molar-refractivity contribution in [3.63, 3.8) is 0 Å². The van der Waals surface area contributed by atoms with Gasteiger partial charge in [0, 0.05) is 56.7 Å². The van der Waals surface area contributed by atoms with E-state index in [9.17, 15) is 14.1 Å². The van der Waals surface area contributed by atoms with Gasteiger partial charge in [-0.1, -0.05) is 0 Å². The molecule has 0 radical (unpaired) electrons. The molecule has 0 spiro atoms. The minimum atomic E-state index is -0.698. The van der Waals surface area contributed by atoms with Crippen LogP contribution in [0.5, 0.6) is 0 Å². The average Bonchev–Trinajstić information content (AvgIpc) is 2.64. The van der Waals surface area contributed by atoms with E-state index in [0.29, 0.717) is 19.4 Å². The van der Waals surface area contributed by atoms with E-state index < -0.39 is 5.91 Å². The smallest absolute Gasteiger partial charge is 0.249 e. The molecule has 0 aromatic rings. The Bertz CT molecular complexity index is 184. The molecule has 0 aliphatic heterocycles. The van der Waals surface area contributed by atoms with E-state index in [2.05, 4.69) is 5.32 Å². The monoisotopic (exact) mass is 358 g/mol. The summed E-state index contributed by atoms with van der Waals surface area (Å²) in [4.78, 5) is 21.1. The summed E-state index contributed by atoms with van der Waals surface area (Å²) in [5.74, 6) is -0.744. The van der Waals surface area contributed by atoms with Crippen LogP contribution >= 0.6 is 0 Å². The molecule has 0 aromatic carbocycles. The van der Waals surface area contributed by atoms with Crippen molar-refractivity contribution in [1.82, 2.24) is 10.9 Å². The summed E-state index contributed by atoms with van der Waals surface area (Å²) in [5.41, 5.74) is 1.00. The molecule has 22 heavy (non-hydrogen) atoms. The summed E-state index contributed by atoms with van der Waals surface area (Å²) in [6.45, 7) is 0.566. The van der Waals surface area contributed by atoms with Gasteiger partial charge in [-0.15, -0.1) is 4.48 Å². The van der Waals surface area contributed by atoms with Gasteiger partial charge in [-0.25, -0.2) is 0 Å². The number of rotatable bonds is 7. The van der Waals surface area contributed by atoms with E-state index in [0.717, 1.165) is 5.54 Å². The van der Waals surface area contributed by atoms with Crippen molar-refractivity contribution in [3.05, 3.63) is 0 Å². The van der Waals surface area contributed by atoms with Gasteiger partial charge in [0.05, 0.1) is 13.0 Å². The largest absolute Gasteiger partial charge is 0.381 e. The maximum atomic E-state index is 11.4. The van der Waals surface area contributed by atoms with Crippen molar-refractivity contribution in [2.45, 2.75) is 19.3 Å². The van der Waals surface area contributed by atoms with Gasteiger partial charge >= 0.3 is 0 Å². The predicted octanol–water partition coefficient (Wildman–Crippen LogP) is 3.28. The molecule has 0 fully saturated rings.